The second-order valence-electron chi connectivity index (χ2n) is 4.99. The highest BCUT2D eigenvalue weighted by atomic mass is 16.6. The molecular weight excluding hydrogens is 324 g/mol. The number of rotatable bonds is 5. The van der Waals surface area contributed by atoms with Gasteiger partial charge in [-0.15, -0.1) is 0 Å². The molecule has 132 valence electrons. The van der Waals surface area contributed by atoms with Crippen LogP contribution in [0.25, 0.3) is 0 Å². The molecule has 8 nitrogen and oxygen atoms in total. The van der Waals surface area contributed by atoms with Crippen molar-refractivity contribution in [3.63, 3.8) is 0 Å². The van der Waals surface area contributed by atoms with E-state index in [1.54, 1.807) is 24.3 Å². The standard InChI is InChI=1S/C16H16N4O3.CH4O/c1-19(2)14-9-5-13(6-10-14)16(21)18-17-11-12-3-7-15(8-4-12)20(22)23;1-2/h3-11H,1-2H3,(H,18,21);2H,1H3/b17-11+;. The van der Waals surface area contributed by atoms with Gasteiger partial charge in [0.05, 0.1) is 11.1 Å². The number of anilines is 1. The van der Waals surface area contributed by atoms with Crippen molar-refractivity contribution in [2.24, 2.45) is 5.10 Å². The van der Waals surface area contributed by atoms with Crippen LogP contribution < -0.4 is 10.3 Å². The van der Waals surface area contributed by atoms with Gasteiger partial charge in [0.25, 0.3) is 11.6 Å². The highest BCUT2D eigenvalue weighted by Crippen LogP contribution is 2.12. The Morgan fingerprint density at radius 1 is 1.12 bits per heavy atom. The summed E-state index contributed by atoms with van der Waals surface area (Å²) in [5, 5.41) is 21.4. The van der Waals surface area contributed by atoms with Crippen LogP contribution in [-0.2, 0) is 0 Å². The van der Waals surface area contributed by atoms with Crippen molar-refractivity contribution >= 4 is 23.5 Å². The van der Waals surface area contributed by atoms with Gasteiger partial charge in [-0.05, 0) is 42.0 Å². The number of hydrogen-bond donors (Lipinski definition) is 2. The van der Waals surface area contributed by atoms with E-state index in [0.29, 0.717) is 11.1 Å². The minimum Gasteiger partial charge on any atom is -0.400 e. The summed E-state index contributed by atoms with van der Waals surface area (Å²) in [5.41, 5.74) is 4.57. The van der Waals surface area contributed by atoms with Crippen LogP contribution in [-0.4, -0.2) is 43.4 Å². The van der Waals surface area contributed by atoms with Crippen LogP contribution >= 0.6 is 0 Å². The third kappa shape index (κ3) is 6.04. The largest absolute Gasteiger partial charge is 0.400 e. The first kappa shape index (κ1) is 19.8. The third-order valence-electron chi connectivity index (χ3n) is 3.13. The fourth-order valence-electron chi connectivity index (χ4n) is 1.82. The van der Waals surface area contributed by atoms with Crippen LogP contribution in [0.2, 0.25) is 0 Å². The third-order valence-corrected chi connectivity index (χ3v) is 3.13. The Kier molecular flexibility index (Phi) is 7.74. The van der Waals surface area contributed by atoms with Crippen molar-refractivity contribution in [1.82, 2.24) is 5.43 Å². The lowest BCUT2D eigenvalue weighted by Crippen LogP contribution is -2.17. The number of carbonyl (C=O) groups excluding carboxylic acids is 1. The van der Waals surface area contributed by atoms with Gasteiger partial charge in [0.2, 0.25) is 0 Å². The van der Waals surface area contributed by atoms with E-state index in [4.69, 9.17) is 5.11 Å². The summed E-state index contributed by atoms with van der Waals surface area (Å²) in [6.45, 7) is 0. The monoisotopic (exact) mass is 344 g/mol. The number of aliphatic hydroxyl groups is 1. The zero-order valence-corrected chi connectivity index (χ0v) is 14.2. The fraction of sp³-hybridized carbons (Fsp3) is 0.176. The SMILES string of the molecule is CN(C)c1ccc(C(=O)N/N=C/c2ccc([N+](=O)[O-])cc2)cc1.CO. The summed E-state index contributed by atoms with van der Waals surface area (Å²) in [6, 6.07) is 13.0. The molecule has 0 aliphatic heterocycles. The average molecular weight is 344 g/mol. The summed E-state index contributed by atoms with van der Waals surface area (Å²) < 4.78 is 0. The number of carbonyl (C=O) groups is 1. The Labute approximate surface area is 145 Å². The van der Waals surface area contributed by atoms with Gasteiger partial charge in [-0.1, -0.05) is 0 Å². The molecule has 8 heteroatoms. The molecule has 0 unspecified atom stereocenters. The Morgan fingerprint density at radius 2 is 1.68 bits per heavy atom. The number of nitrogens with zero attached hydrogens (tertiary/aromatic N) is 3. The van der Waals surface area contributed by atoms with Gasteiger partial charge in [-0.25, -0.2) is 5.43 Å². The van der Waals surface area contributed by atoms with E-state index in [2.05, 4.69) is 10.5 Å². The van der Waals surface area contributed by atoms with Crippen molar-refractivity contribution in [1.29, 1.82) is 0 Å². The van der Waals surface area contributed by atoms with Gasteiger partial charge in [-0.2, -0.15) is 5.10 Å². The van der Waals surface area contributed by atoms with Crippen LogP contribution in [0.15, 0.2) is 53.6 Å². The Morgan fingerprint density at radius 3 is 2.16 bits per heavy atom. The van der Waals surface area contributed by atoms with Gasteiger partial charge < -0.3 is 10.0 Å². The maximum Gasteiger partial charge on any atom is 0.271 e. The van der Waals surface area contributed by atoms with Crippen LogP contribution in [0.4, 0.5) is 11.4 Å². The molecule has 0 fully saturated rings. The Hall–Kier alpha value is -3.26. The molecule has 0 aliphatic carbocycles. The number of nitrogens with one attached hydrogen (secondary N) is 1. The molecule has 2 aromatic carbocycles. The normalized spacial score (nSPS) is 9.92. The van der Waals surface area contributed by atoms with Crippen molar-refractivity contribution < 1.29 is 14.8 Å². The van der Waals surface area contributed by atoms with E-state index < -0.39 is 4.92 Å². The molecule has 0 saturated carbocycles. The molecule has 25 heavy (non-hydrogen) atoms. The van der Waals surface area contributed by atoms with E-state index >= 15 is 0 Å². The maximum atomic E-state index is 11.9. The molecule has 0 radical (unpaired) electrons. The second kappa shape index (κ2) is 9.78. The summed E-state index contributed by atoms with van der Waals surface area (Å²) in [5.74, 6) is -0.325. The fourth-order valence-corrected chi connectivity index (χ4v) is 1.82. The Balaban J connectivity index is 0.00000151. The molecule has 0 heterocycles. The van der Waals surface area contributed by atoms with Crippen molar-refractivity contribution in [3.8, 4) is 0 Å². The van der Waals surface area contributed by atoms with E-state index in [1.807, 2.05) is 31.1 Å². The first-order chi connectivity index (χ1) is 12.0. The lowest BCUT2D eigenvalue weighted by Gasteiger charge is -2.12. The summed E-state index contributed by atoms with van der Waals surface area (Å²) in [7, 11) is 4.84. The predicted octanol–water partition coefficient (Wildman–Crippen LogP) is 2.03. The molecule has 0 atom stereocenters. The first-order valence-electron chi connectivity index (χ1n) is 7.27. The number of benzene rings is 2. The maximum absolute atomic E-state index is 11.9. The van der Waals surface area contributed by atoms with Crippen LogP contribution in [0.3, 0.4) is 0 Å². The molecule has 1 amide bonds. The predicted molar refractivity (Wildman–Crippen MR) is 97.1 cm³/mol. The lowest BCUT2D eigenvalue weighted by atomic mass is 10.2. The molecule has 0 aromatic heterocycles. The van der Waals surface area contributed by atoms with Gasteiger partial charge in [-0.3, -0.25) is 14.9 Å². The molecule has 0 spiro atoms. The molecule has 2 aromatic rings. The van der Waals surface area contributed by atoms with Gasteiger partial charge >= 0.3 is 0 Å². The summed E-state index contributed by atoms with van der Waals surface area (Å²) in [6.07, 6.45) is 1.43. The summed E-state index contributed by atoms with van der Waals surface area (Å²) in [4.78, 5) is 23.9. The van der Waals surface area contributed by atoms with E-state index in [1.165, 1.54) is 18.3 Å². The minimum absolute atomic E-state index is 0.00664. The summed E-state index contributed by atoms with van der Waals surface area (Å²) >= 11 is 0. The van der Waals surface area contributed by atoms with Gasteiger partial charge in [0, 0.05) is 44.6 Å². The zero-order valence-electron chi connectivity index (χ0n) is 14.2. The first-order valence-corrected chi connectivity index (χ1v) is 7.27. The molecule has 0 aliphatic rings. The molecule has 0 saturated heterocycles. The van der Waals surface area contributed by atoms with E-state index in [0.717, 1.165) is 12.8 Å². The minimum atomic E-state index is -0.472. The average Bonchev–Trinajstić information content (AvgIpc) is 2.63. The zero-order chi connectivity index (χ0) is 18.8. The lowest BCUT2D eigenvalue weighted by molar-refractivity contribution is -0.384. The number of non-ortho nitro benzene ring substituents is 1. The number of nitro benzene ring substituents is 1. The number of aliphatic hydroxyl groups excluding tert-OH is 1. The van der Waals surface area contributed by atoms with E-state index in [9.17, 15) is 14.9 Å². The highest BCUT2D eigenvalue weighted by molar-refractivity contribution is 5.95. The Bertz CT molecular complexity index is 725. The molecule has 2 N–H and O–H groups in total. The van der Waals surface area contributed by atoms with Crippen molar-refractivity contribution in [3.05, 3.63) is 69.8 Å². The van der Waals surface area contributed by atoms with Crippen LogP contribution in [0, 0.1) is 10.1 Å². The van der Waals surface area contributed by atoms with Crippen LogP contribution in [0.1, 0.15) is 15.9 Å². The van der Waals surface area contributed by atoms with Crippen LogP contribution in [0.5, 0.6) is 0 Å². The molecule has 0 bridgehead atoms. The van der Waals surface area contributed by atoms with Gasteiger partial charge in [0.1, 0.15) is 0 Å². The number of nitro groups is 1. The smallest absolute Gasteiger partial charge is 0.271 e. The quantitative estimate of drug-likeness (QED) is 0.490. The number of hydrazone groups is 1. The number of amides is 1. The highest BCUT2D eigenvalue weighted by Gasteiger charge is 2.05. The van der Waals surface area contributed by atoms with Crippen molar-refractivity contribution in [2.75, 3.05) is 26.1 Å². The topological polar surface area (TPSA) is 108 Å². The molecular formula is C17H20N4O4. The number of hydrogen-bond acceptors (Lipinski definition) is 6. The van der Waals surface area contributed by atoms with E-state index in [-0.39, 0.29) is 11.6 Å². The second-order valence-corrected chi connectivity index (χ2v) is 4.99. The van der Waals surface area contributed by atoms with Crippen molar-refractivity contribution in [2.45, 2.75) is 0 Å². The van der Waals surface area contributed by atoms with Gasteiger partial charge in [0.15, 0.2) is 0 Å². The molecule has 2 rings (SSSR count).